The van der Waals surface area contributed by atoms with Crippen LogP contribution in [0.25, 0.3) is 22.9 Å². The van der Waals surface area contributed by atoms with Gasteiger partial charge in [-0.15, -0.1) is 0 Å². The number of hydrogen-bond donors (Lipinski definition) is 0. The van der Waals surface area contributed by atoms with Crippen molar-refractivity contribution in [2.75, 3.05) is 11.5 Å². The number of halogens is 6. The molecule has 0 aromatic carbocycles. The zero-order chi connectivity index (χ0) is 25.1. The maximum Gasteiger partial charge on any atom is 0.417 e. The van der Waals surface area contributed by atoms with Crippen molar-refractivity contribution in [1.82, 2.24) is 30.2 Å². The highest BCUT2D eigenvalue weighted by molar-refractivity contribution is 7.99. The Hall–Kier alpha value is -3.49. The van der Waals surface area contributed by atoms with Gasteiger partial charge in [0.1, 0.15) is 0 Å². The third-order valence-electron chi connectivity index (χ3n) is 4.59. The second kappa shape index (κ2) is 10.0. The quantitative estimate of drug-likeness (QED) is 0.233. The summed E-state index contributed by atoms with van der Waals surface area (Å²) in [6.45, 7) is 0. The van der Waals surface area contributed by atoms with Gasteiger partial charge in [0.15, 0.2) is 11.6 Å². The lowest BCUT2D eigenvalue weighted by Gasteiger charge is -2.08. The SMILES string of the molecule is FC(F)(F)c1ccncc1-c1nc(CCSCCc2noc(-c3cnccc3C(F)(F)F)n2)no1. The molecule has 0 saturated carbocycles. The highest BCUT2D eigenvalue weighted by atomic mass is 32.2. The van der Waals surface area contributed by atoms with Crippen molar-refractivity contribution >= 4 is 11.8 Å². The summed E-state index contributed by atoms with van der Waals surface area (Å²) in [7, 11) is 0. The van der Waals surface area contributed by atoms with Crippen molar-refractivity contribution in [3.05, 3.63) is 59.7 Å². The maximum atomic E-state index is 13.1. The number of pyridine rings is 2. The van der Waals surface area contributed by atoms with Gasteiger partial charge in [0.2, 0.25) is 0 Å². The molecule has 0 atom stereocenters. The normalized spacial score (nSPS) is 12.3. The van der Waals surface area contributed by atoms with Gasteiger partial charge in [-0.1, -0.05) is 10.3 Å². The number of hydrogen-bond acceptors (Lipinski definition) is 9. The zero-order valence-corrected chi connectivity index (χ0v) is 18.3. The van der Waals surface area contributed by atoms with E-state index in [0.29, 0.717) is 24.3 Å². The van der Waals surface area contributed by atoms with E-state index < -0.39 is 23.5 Å². The second-order valence-corrected chi connectivity index (χ2v) is 8.21. The predicted octanol–water partition coefficient (Wildman–Crippen LogP) is 5.13. The summed E-state index contributed by atoms with van der Waals surface area (Å²) in [5, 5.41) is 7.41. The standard InChI is InChI=1S/C20H14F6N6O2S/c21-19(22,23)13-1-5-27-9-11(13)17-29-15(31-33-17)3-7-35-8-4-16-30-18(34-32-16)12-10-28-6-2-14(12)20(24,25)26/h1-2,5-6,9-10H,3-4,7-8H2. The average Bonchev–Trinajstić information content (AvgIpc) is 3.48. The topological polar surface area (TPSA) is 104 Å². The molecule has 0 aliphatic carbocycles. The number of rotatable bonds is 8. The molecule has 35 heavy (non-hydrogen) atoms. The molecule has 184 valence electrons. The maximum absolute atomic E-state index is 13.1. The van der Waals surface area contributed by atoms with E-state index in [4.69, 9.17) is 9.05 Å². The van der Waals surface area contributed by atoms with Crippen LogP contribution < -0.4 is 0 Å². The van der Waals surface area contributed by atoms with Gasteiger partial charge >= 0.3 is 12.4 Å². The first-order valence-corrected chi connectivity index (χ1v) is 11.0. The van der Waals surface area contributed by atoms with Crippen molar-refractivity contribution in [3.63, 3.8) is 0 Å². The molecule has 0 N–H and O–H groups in total. The van der Waals surface area contributed by atoms with Crippen molar-refractivity contribution < 1.29 is 35.4 Å². The van der Waals surface area contributed by atoms with Crippen LogP contribution in [0.1, 0.15) is 22.8 Å². The summed E-state index contributed by atoms with van der Waals surface area (Å²) in [5.41, 5.74) is -2.46. The molecular weight excluding hydrogens is 502 g/mol. The van der Waals surface area contributed by atoms with Gasteiger partial charge < -0.3 is 9.05 Å². The van der Waals surface area contributed by atoms with Crippen LogP contribution in [-0.4, -0.2) is 41.8 Å². The van der Waals surface area contributed by atoms with E-state index in [2.05, 4.69) is 30.2 Å². The summed E-state index contributed by atoms with van der Waals surface area (Å²) in [6.07, 6.45) is -4.48. The van der Waals surface area contributed by atoms with E-state index in [0.717, 1.165) is 36.9 Å². The molecule has 0 unspecified atom stereocenters. The van der Waals surface area contributed by atoms with Gasteiger partial charge in [-0.25, -0.2) is 0 Å². The molecule has 0 spiro atoms. The van der Waals surface area contributed by atoms with E-state index in [1.807, 2.05) is 0 Å². The average molecular weight is 516 g/mol. The van der Waals surface area contributed by atoms with Crippen LogP contribution in [0.3, 0.4) is 0 Å². The van der Waals surface area contributed by atoms with Crippen LogP contribution in [0.15, 0.2) is 46.0 Å². The summed E-state index contributed by atoms with van der Waals surface area (Å²) in [4.78, 5) is 15.4. The van der Waals surface area contributed by atoms with Crippen LogP contribution in [0, 0.1) is 0 Å². The lowest BCUT2D eigenvalue weighted by molar-refractivity contribution is -0.138. The van der Waals surface area contributed by atoms with E-state index >= 15 is 0 Å². The molecule has 0 bridgehead atoms. The number of aryl methyl sites for hydroxylation is 2. The molecule has 0 aliphatic rings. The molecule has 4 aromatic rings. The zero-order valence-electron chi connectivity index (χ0n) is 17.5. The largest absolute Gasteiger partial charge is 0.417 e. The Bertz CT molecular complexity index is 1190. The van der Waals surface area contributed by atoms with Crippen LogP contribution in [0.4, 0.5) is 26.3 Å². The first-order valence-electron chi connectivity index (χ1n) is 9.89. The fraction of sp³-hybridized carbons (Fsp3) is 0.300. The van der Waals surface area contributed by atoms with E-state index in [1.165, 1.54) is 11.8 Å². The molecule has 15 heteroatoms. The van der Waals surface area contributed by atoms with Gasteiger partial charge in [-0.3, -0.25) is 9.97 Å². The number of aromatic nitrogens is 6. The van der Waals surface area contributed by atoms with Crippen LogP contribution in [0.2, 0.25) is 0 Å². The molecule has 0 fully saturated rings. The Balaban J connectivity index is 1.29. The number of alkyl halides is 6. The lowest BCUT2D eigenvalue weighted by atomic mass is 10.1. The molecular formula is C20H14F6N6O2S. The van der Waals surface area contributed by atoms with Crippen LogP contribution in [0.5, 0.6) is 0 Å². The smallest absolute Gasteiger partial charge is 0.334 e. The van der Waals surface area contributed by atoms with Gasteiger partial charge in [-0.2, -0.15) is 48.1 Å². The first-order chi connectivity index (χ1) is 16.6. The molecule has 0 amide bonds. The van der Waals surface area contributed by atoms with Gasteiger partial charge in [0.25, 0.3) is 11.8 Å². The Morgan fingerprint density at radius 2 is 1.11 bits per heavy atom. The van der Waals surface area contributed by atoms with Crippen LogP contribution >= 0.6 is 11.8 Å². The summed E-state index contributed by atoms with van der Waals surface area (Å²) < 4.78 is 88.8. The molecule has 0 saturated heterocycles. The minimum Gasteiger partial charge on any atom is -0.334 e. The van der Waals surface area contributed by atoms with Crippen molar-refractivity contribution in [2.24, 2.45) is 0 Å². The van der Waals surface area contributed by atoms with Gasteiger partial charge in [0, 0.05) is 49.1 Å². The van der Waals surface area contributed by atoms with E-state index in [1.54, 1.807) is 0 Å². The Morgan fingerprint density at radius 3 is 1.51 bits per heavy atom. The van der Waals surface area contributed by atoms with Gasteiger partial charge in [0.05, 0.1) is 22.3 Å². The summed E-state index contributed by atoms with van der Waals surface area (Å²) in [6, 6.07) is 1.66. The summed E-state index contributed by atoms with van der Waals surface area (Å²) in [5.74, 6) is 0.898. The molecule has 4 heterocycles. The monoisotopic (exact) mass is 516 g/mol. The third-order valence-corrected chi connectivity index (χ3v) is 5.58. The minimum absolute atomic E-state index is 0.225. The highest BCUT2D eigenvalue weighted by Gasteiger charge is 2.36. The van der Waals surface area contributed by atoms with Crippen LogP contribution in [-0.2, 0) is 25.2 Å². The summed E-state index contributed by atoms with van der Waals surface area (Å²) >= 11 is 1.44. The lowest BCUT2D eigenvalue weighted by Crippen LogP contribution is -2.07. The van der Waals surface area contributed by atoms with E-state index in [-0.39, 0.29) is 34.6 Å². The highest BCUT2D eigenvalue weighted by Crippen LogP contribution is 2.36. The van der Waals surface area contributed by atoms with Crippen molar-refractivity contribution in [1.29, 1.82) is 0 Å². The number of nitrogens with zero attached hydrogens (tertiary/aromatic N) is 6. The van der Waals surface area contributed by atoms with Crippen molar-refractivity contribution in [3.8, 4) is 22.9 Å². The molecule has 4 aromatic heterocycles. The Labute approximate surface area is 197 Å². The van der Waals surface area contributed by atoms with Gasteiger partial charge in [-0.05, 0) is 12.1 Å². The fourth-order valence-electron chi connectivity index (χ4n) is 2.98. The number of thioether (sulfide) groups is 1. The molecule has 8 nitrogen and oxygen atoms in total. The molecule has 4 rings (SSSR count). The Morgan fingerprint density at radius 1 is 0.686 bits per heavy atom. The third kappa shape index (κ3) is 5.96. The fourth-order valence-corrected chi connectivity index (χ4v) is 3.84. The Kier molecular flexibility index (Phi) is 7.05. The second-order valence-electron chi connectivity index (χ2n) is 6.98. The van der Waals surface area contributed by atoms with E-state index in [9.17, 15) is 26.3 Å². The van der Waals surface area contributed by atoms with Crippen molar-refractivity contribution in [2.45, 2.75) is 25.2 Å². The minimum atomic E-state index is -4.59. The molecule has 0 aliphatic heterocycles. The first kappa shape index (κ1) is 24.6. The predicted molar refractivity (Wildman–Crippen MR) is 110 cm³/mol. The molecule has 0 radical (unpaired) electrons.